The fraction of sp³-hybridized carbons (Fsp3) is 0.375. The standard InChI is InChI=1S/C48H52N2/c1-47(2,33-16-7-5-8-17-33)35-26-28-45-41(30-35)39-22-11-13-24-43(39)49(45)37-20-15-21-38(32-37)50-44-25-14-12-23-40(44)42-31-36(27-29-46(42)50)48(3,4)34-18-9-6-10-19-34/h11-15,20-34H,5-10,16-19H2,1-4H3. The van der Waals surface area contributed by atoms with Gasteiger partial charge in [-0.15, -0.1) is 0 Å². The molecule has 2 heterocycles. The Bertz CT molecular complexity index is 2190. The summed E-state index contributed by atoms with van der Waals surface area (Å²) in [6, 6.07) is 41.9. The van der Waals surface area contributed by atoms with Gasteiger partial charge in [-0.3, -0.25) is 0 Å². The molecule has 0 N–H and O–H groups in total. The average Bonchev–Trinajstić information content (AvgIpc) is 3.68. The molecule has 2 fully saturated rings. The maximum atomic E-state index is 2.52. The number of benzene rings is 5. The molecule has 7 aromatic rings. The second kappa shape index (κ2) is 12.2. The molecule has 2 heteroatoms. The van der Waals surface area contributed by atoms with E-state index in [0.29, 0.717) is 0 Å². The Labute approximate surface area is 298 Å². The molecule has 0 spiro atoms. The van der Waals surface area contributed by atoms with Crippen LogP contribution >= 0.6 is 0 Å². The van der Waals surface area contributed by atoms with E-state index in [9.17, 15) is 0 Å². The Morgan fingerprint density at radius 1 is 0.400 bits per heavy atom. The fourth-order valence-corrected chi connectivity index (χ4v) is 10.2. The SMILES string of the molecule is CC(C)(c1ccc2c(c1)c1ccccc1n2-c1cccc(-n2c3ccccc3c3cc(C(C)(C)C4CCCCC4)ccc32)c1)C1CCCCC1. The van der Waals surface area contributed by atoms with Crippen LogP contribution < -0.4 is 0 Å². The zero-order chi connectivity index (χ0) is 34.0. The zero-order valence-corrected chi connectivity index (χ0v) is 30.5. The summed E-state index contributed by atoms with van der Waals surface area (Å²) in [5.74, 6) is 1.50. The molecule has 0 radical (unpaired) electrons. The van der Waals surface area contributed by atoms with Crippen LogP contribution in [0.15, 0.2) is 109 Å². The van der Waals surface area contributed by atoms with Crippen LogP contribution in [0, 0.1) is 11.8 Å². The van der Waals surface area contributed by atoms with Crippen molar-refractivity contribution in [3.8, 4) is 11.4 Å². The van der Waals surface area contributed by atoms with Gasteiger partial charge in [0.25, 0.3) is 0 Å². The van der Waals surface area contributed by atoms with Crippen molar-refractivity contribution in [3.05, 3.63) is 120 Å². The summed E-state index contributed by atoms with van der Waals surface area (Å²) in [6.45, 7) is 9.94. The Morgan fingerprint density at radius 3 is 1.24 bits per heavy atom. The van der Waals surface area contributed by atoms with E-state index in [1.807, 2.05) is 0 Å². The van der Waals surface area contributed by atoms with Crippen LogP contribution in [-0.4, -0.2) is 9.13 Å². The van der Waals surface area contributed by atoms with Gasteiger partial charge >= 0.3 is 0 Å². The minimum atomic E-state index is 0.166. The lowest BCUT2D eigenvalue weighted by Gasteiger charge is -2.37. The molecule has 0 unspecified atom stereocenters. The number of fused-ring (bicyclic) bond motifs is 6. The smallest absolute Gasteiger partial charge is 0.0541 e. The largest absolute Gasteiger partial charge is 0.309 e. The molecule has 2 nitrogen and oxygen atoms in total. The third kappa shape index (κ3) is 5.04. The Morgan fingerprint density at radius 2 is 0.800 bits per heavy atom. The van der Waals surface area contributed by atoms with Gasteiger partial charge in [0.15, 0.2) is 0 Å². The quantitative estimate of drug-likeness (QED) is 0.169. The Kier molecular flexibility index (Phi) is 7.72. The van der Waals surface area contributed by atoms with Gasteiger partial charge in [0, 0.05) is 32.9 Å². The number of rotatable bonds is 6. The van der Waals surface area contributed by atoms with Crippen molar-refractivity contribution in [2.75, 3.05) is 0 Å². The number of hydrogen-bond donors (Lipinski definition) is 0. The third-order valence-corrected chi connectivity index (χ3v) is 13.4. The van der Waals surface area contributed by atoms with Crippen molar-refractivity contribution in [2.45, 2.75) is 103 Å². The summed E-state index contributed by atoms with van der Waals surface area (Å²) in [7, 11) is 0. The van der Waals surface area contributed by atoms with Gasteiger partial charge in [-0.1, -0.05) is 121 Å². The molecule has 2 saturated carbocycles. The second-order valence-electron chi connectivity index (χ2n) is 16.8. The molecule has 2 aromatic heterocycles. The molecule has 9 rings (SSSR count). The van der Waals surface area contributed by atoms with Crippen LogP contribution in [-0.2, 0) is 10.8 Å². The van der Waals surface area contributed by atoms with Crippen molar-refractivity contribution in [3.63, 3.8) is 0 Å². The highest BCUT2D eigenvalue weighted by atomic mass is 15.0. The van der Waals surface area contributed by atoms with E-state index in [1.165, 1.54) is 130 Å². The first-order valence-corrected chi connectivity index (χ1v) is 19.5. The number of para-hydroxylation sites is 2. The molecule has 50 heavy (non-hydrogen) atoms. The van der Waals surface area contributed by atoms with Crippen LogP contribution in [0.5, 0.6) is 0 Å². The van der Waals surface area contributed by atoms with Crippen LogP contribution in [0.2, 0.25) is 0 Å². The van der Waals surface area contributed by atoms with E-state index in [0.717, 1.165) is 11.8 Å². The predicted molar refractivity (Wildman–Crippen MR) is 214 cm³/mol. The molecule has 0 aliphatic heterocycles. The predicted octanol–water partition coefficient (Wildman–Crippen LogP) is 13.6. The van der Waals surface area contributed by atoms with E-state index in [-0.39, 0.29) is 10.8 Å². The van der Waals surface area contributed by atoms with Crippen LogP contribution in [0.4, 0.5) is 0 Å². The molecule has 2 aliphatic carbocycles. The normalized spacial score (nSPS) is 17.0. The molecule has 2 aliphatic rings. The Balaban J connectivity index is 1.18. The summed E-state index contributed by atoms with van der Waals surface area (Å²) in [5.41, 5.74) is 10.8. The van der Waals surface area contributed by atoms with Gasteiger partial charge in [0.1, 0.15) is 0 Å². The molecule has 0 saturated heterocycles. The first kappa shape index (κ1) is 31.7. The number of hydrogen-bond acceptors (Lipinski definition) is 0. The maximum Gasteiger partial charge on any atom is 0.0541 e. The molecule has 0 atom stereocenters. The first-order chi connectivity index (χ1) is 24.3. The number of aromatic nitrogens is 2. The summed E-state index contributed by atoms with van der Waals surface area (Å²) < 4.78 is 4.98. The summed E-state index contributed by atoms with van der Waals surface area (Å²) >= 11 is 0. The minimum absolute atomic E-state index is 0.166. The zero-order valence-electron chi connectivity index (χ0n) is 30.5. The van der Waals surface area contributed by atoms with E-state index >= 15 is 0 Å². The van der Waals surface area contributed by atoms with E-state index in [4.69, 9.17) is 0 Å². The number of nitrogens with zero attached hydrogens (tertiary/aromatic N) is 2. The van der Waals surface area contributed by atoms with Crippen molar-refractivity contribution >= 4 is 43.6 Å². The van der Waals surface area contributed by atoms with E-state index < -0.39 is 0 Å². The highest BCUT2D eigenvalue weighted by Gasteiger charge is 2.34. The molecular formula is C48H52N2. The molecule has 5 aromatic carbocycles. The van der Waals surface area contributed by atoms with Crippen LogP contribution in [0.1, 0.15) is 103 Å². The molecule has 0 amide bonds. The van der Waals surface area contributed by atoms with Crippen LogP contribution in [0.3, 0.4) is 0 Å². The van der Waals surface area contributed by atoms with Gasteiger partial charge in [0.2, 0.25) is 0 Å². The average molecular weight is 657 g/mol. The minimum Gasteiger partial charge on any atom is -0.309 e. The van der Waals surface area contributed by atoms with E-state index in [2.05, 4.69) is 146 Å². The molecule has 254 valence electrons. The second-order valence-corrected chi connectivity index (χ2v) is 16.8. The van der Waals surface area contributed by atoms with Gasteiger partial charge < -0.3 is 9.13 Å². The Hall–Kier alpha value is -4.30. The van der Waals surface area contributed by atoms with Gasteiger partial charge in [0.05, 0.1) is 22.1 Å². The molecule has 0 bridgehead atoms. The summed E-state index contributed by atoms with van der Waals surface area (Å²) in [6.07, 6.45) is 13.7. The summed E-state index contributed by atoms with van der Waals surface area (Å²) in [4.78, 5) is 0. The summed E-state index contributed by atoms with van der Waals surface area (Å²) in [5, 5.41) is 5.38. The third-order valence-electron chi connectivity index (χ3n) is 13.4. The highest BCUT2D eigenvalue weighted by molar-refractivity contribution is 6.11. The van der Waals surface area contributed by atoms with Gasteiger partial charge in [-0.2, -0.15) is 0 Å². The first-order valence-electron chi connectivity index (χ1n) is 19.5. The lowest BCUT2D eigenvalue weighted by molar-refractivity contribution is 0.236. The van der Waals surface area contributed by atoms with Gasteiger partial charge in [-0.05, 0) is 114 Å². The van der Waals surface area contributed by atoms with Crippen molar-refractivity contribution < 1.29 is 0 Å². The lowest BCUT2D eigenvalue weighted by atomic mass is 9.67. The fourth-order valence-electron chi connectivity index (χ4n) is 10.2. The van der Waals surface area contributed by atoms with Crippen molar-refractivity contribution in [2.24, 2.45) is 11.8 Å². The van der Waals surface area contributed by atoms with Crippen LogP contribution in [0.25, 0.3) is 55.0 Å². The highest BCUT2D eigenvalue weighted by Crippen LogP contribution is 2.45. The monoisotopic (exact) mass is 656 g/mol. The van der Waals surface area contributed by atoms with E-state index in [1.54, 1.807) is 0 Å². The van der Waals surface area contributed by atoms with Gasteiger partial charge in [-0.25, -0.2) is 0 Å². The van der Waals surface area contributed by atoms with Crippen molar-refractivity contribution in [1.82, 2.24) is 9.13 Å². The topological polar surface area (TPSA) is 9.86 Å². The molecular weight excluding hydrogens is 605 g/mol. The maximum absolute atomic E-state index is 2.52. The lowest BCUT2D eigenvalue weighted by Crippen LogP contribution is -2.30. The van der Waals surface area contributed by atoms with Crippen molar-refractivity contribution in [1.29, 1.82) is 0 Å².